The Morgan fingerprint density at radius 2 is 2.33 bits per heavy atom. The zero-order valence-corrected chi connectivity index (χ0v) is 11.9. The van der Waals surface area contributed by atoms with Crippen LogP contribution in [0.25, 0.3) is 0 Å². The molecule has 21 heavy (non-hydrogen) atoms. The fraction of sp³-hybridized carbons (Fsp3) is 0.375. The molecule has 2 rings (SSSR count). The Balaban J connectivity index is 2.02. The van der Waals surface area contributed by atoms with E-state index in [4.69, 9.17) is 5.11 Å². The topological polar surface area (TPSA) is 78.4 Å². The van der Waals surface area contributed by atoms with E-state index in [1.54, 1.807) is 6.07 Å². The molecule has 3 N–H and O–H groups in total. The van der Waals surface area contributed by atoms with Gasteiger partial charge in [0.15, 0.2) is 0 Å². The number of nitrogens with one attached hydrogen (secondary N) is 2. The average Bonchev–Trinajstić information content (AvgIpc) is 2.89. The third kappa shape index (κ3) is 4.07. The van der Waals surface area contributed by atoms with Gasteiger partial charge in [0.2, 0.25) is 11.8 Å². The molecule has 1 atom stereocenters. The standard InChI is InChI=1S/C16H18N2O3/c1-11-10-12(4-2-3-9-19)5-6-13(11)18-16(21)14-7-8-15(20)17-14/h5-6,10,14,19H,3,7-9H2,1H3,(H,17,20)(H,18,21). The first-order valence-corrected chi connectivity index (χ1v) is 6.91. The Labute approximate surface area is 123 Å². The summed E-state index contributed by atoms with van der Waals surface area (Å²) in [4.78, 5) is 23.1. The molecule has 1 fully saturated rings. The molecule has 1 aromatic carbocycles. The number of hydrogen-bond acceptors (Lipinski definition) is 3. The summed E-state index contributed by atoms with van der Waals surface area (Å²) in [6.07, 6.45) is 1.38. The lowest BCUT2D eigenvalue weighted by Crippen LogP contribution is -2.37. The summed E-state index contributed by atoms with van der Waals surface area (Å²) in [5.41, 5.74) is 2.46. The molecular weight excluding hydrogens is 268 g/mol. The van der Waals surface area contributed by atoms with E-state index in [-0.39, 0.29) is 18.4 Å². The molecule has 1 unspecified atom stereocenters. The van der Waals surface area contributed by atoms with Crippen LogP contribution in [0.2, 0.25) is 0 Å². The first-order valence-electron chi connectivity index (χ1n) is 6.91. The van der Waals surface area contributed by atoms with Crippen molar-refractivity contribution in [2.45, 2.75) is 32.2 Å². The van der Waals surface area contributed by atoms with Crippen molar-refractivity contribution in [3.8, 4) is 11.8 Å². The smallest absolute Gasteiger partial charge is 0.246 e. The quantitative estimate of drug-likeness (QED) is 0.724. The number of aryl methyl sites for hydroxylation is 1. The van der Waals surface area contributed by atoms with Gasteiger partial charge in [-0.3, -0.25) is 9.59 Å². The van der Waals surface area contributed by atoms with Gasteiger partial charge in [0.05, 0.1) is 6.61 Å². The van der Waals surface area contributed by atoms with Crippen LogP contribution in [0.5, 0.6) is 0 Å². The lowest BCUT2D eigenvalue weighted by molar-refractivity contribution is -0.122. The Hall–Kier alpha value is -2.32. The van der Waals surface area contributed by atoms with E-state index in [0.717, 1.165) is 11.1 Å². The number of amides is 2. The van der Waals surface area contributed by atoms with Crippen LogP contribution >= 0.6 is 0 Å². The SMILES string of the molecule is Cc1cc(C#CCCO)ccc1NC(=O)C1CCC(=O)N1. The lowest BCUT2D eigenvalue weighted by atomic mass is 10.1. The number of hydrogen-bond donors (Lipinski definition) is 3. The summed E-state index contributed by atoms with van der Waals surface area (Å²) in [6.45, 7) is 1.94. The normalized spacial score (nSPS) is 16.9. The Bertz CT molecular complexity index is 614. The van der Waals surface area contributed by atoms with Gasteiger partial charge >= 0.3 is 0 Å². The third-order valence-corrected chi connectivity index (χ3v) is 3.27. The van der Waals surface area contributed by atoms with Gasteiger partial charge in [0.1, 0.15) is 6.04 Å². The maximum Gasteiger partial charge on any atom is 0.246 e. The predicted octanol–water partition coefficient (Wildman–Crippen LogP) is 0.946. The summed E-state index contributed by atoms with van der Waals surface area (Å²) in [5, 5.41) is 14.2. The molecule has 5 nitrogen and oxygen atoms in total. The third-order valence-electron chi connectivity index (χ3n) is 3.27. The molecule has 1 aliphatic rings. The molecule has 1 aromatic rings. The average molecular weight is 286 g/mol. The monoisotopic (exact) mass is 286 g/mol. The summed E-state index contributed by atoms with van der Waals surface area (Å²) in [7, 11) is 0. The highest BCUT2D eigenvalue weighted by molar-refractivity contribution is 5.99. The molecule has 0 bridgehead atoms. The highest BCUT2D eigenvalue weighted by Gasteiger charge is 2.27. The van der Waals surface area contributed by atoms with E-state index in [0.29, 0.717) is 24.9 Å². The molecule has 1 saturated heterocycles. The van der Waals surface area contributed by atoms with Crippen molar-refractivity contribution in [2.75, 3.05) is 11.9 Å². The van der Waals surface area contributed by atoms with Crippen molar-refractivity contribution in [1.82, 2.24) is 5.32 Å². The number of carbonyl (C=O) groups excluding carboxylic acids is 2. The van der Waals surface area contributed by atoms with Gasteiger partial charge in [-0.05, 0) is 37.1 Å². The second kappa shape index (κ2) is 6.91. The maximum atomic E-state index is 12.0. The number of carbonyl (C=O) groups is 2. The van der Waals surface area contributed by atoms with Crippen molar-refractivity contribution >= 4 is 17.5 Å². The first-order chi connectivity index (χ1) is 10.1. The van der Waals surface area contributed by atoms with Crippen molar-refractivity contribution in [2.24, 2.45) is 0 Å². The van der Waals surface area contributed by atoms with Crippen LogP contribution in [0.4, 0.5) is 5.69 Å². The second-order valence-corrected chi connectivity index (χ2v) is 4.95. The summed E-state index contributed by atoms with van der Waals surface area (Å²) >= 11 is 0. The molecule has 0 saturated carbocycles. The molecule has 1 aliphatic heterocycles. The molecule has 5 heteroatoms. The predicted molar refractivity (Wildman–Crippen MR) is 79.6 cm³/mol. The van der Waals surface area contributed by atoms with Gasteiger partial charge < -0.3 is 15.7 Å². The fourth-order valence-corrected chi connectivity index (χ4v) is 2.13. The van der Waals surface area contributed by atoms with Gasteiger partial charge in [-0.1, -0.05) is 11.8 Å². The van der Waals surface area contributed by atoms with Gasteiger partial charge in [0, 0.05) is 24.1 Å². The second-order valence-electron chi connectivity index (χ2n) is 4.95. The number of benzene rings is 1. The minimum absolute atomic E-state index is 0.0488. The molecule has 0 aromatic heterocycles. The fourth-order valence-electron chi connectivity index (χ4n) is 2.13. The van der Waals surface area contributed by atoms with E-state index in [9.17, 15) is 9.59 Å². The van der Waals surface area contributed by atoms with Crippen molar-refractivity contribution in [3.63, 3.8) is 0 Å². The van der Waals surface area contributed by atoms with Gasteiger partial charge in [-0.2, -0.15) is 0 Å². The van der Waals surface area contributed by atoms with Gasteiger partial charge in [-0.15, -0.1) is 0 Å². The van der Waals surface area contributed by atoms with Crippen LogP contribution in [-0.2, 0) is 9.59 Å². The van der Waals surface area contributed by atoms with Crippen LogP contribution in [0.1, 0.15) is 30.4 Å². The molecule has 110 valence electrons. The van der Waals surface area contributed by atoms with Crippen molar-refractivity contribution < 1.29 is 14.7 Å². The summed E-state index contributed by atoms with van der Waals surface area (Å²) in [5.74, 6) is 5.53. The van der Waals surface area contributed by atoms with Crippen molar-refractivity contribution in [3.05, 3.63) is 29.3 Å². The van der Waals surface area contributed by atoms with Crippen LogP contribution in [0.3, 0.4) is 0 Å². The lowest BCUT2D eigenvalue weighted by Gasteiger charge is -2.13. The molecule has 1 heterocycles. The first kappa shape index (κ1) is 15.1. The van der Waals surface area contributed by atoms with Gasteiger partial charge in [0.25, 0.3) is 0 Å². The van der Waals surface area contributed by atoms with Crippen LogP contribution in [0.15, 0.2) is 18.2 Å². The van der Waals surface area contributed by atoms with E-state index >= 15 is 0 Å². The molecule has 0 aliphatic carbocycles. The minimum atomic E-state index is -0.444. The number of aliphatic hydroxyl groups is 1. The molecule has 0 radical (unpaired) electrons. The number of rotatable bonds is 3. The molecular formula is C16H18N2O3. The van der Waals surface area contributed by atoms with Crippen molar-refractivity contribution in [1.29, 1.82) is 0 Å². The molecule has 2 amide bonds. The van der Waals surface area contributed by atoms with E-state index in [1.165, 1.54) is 0 Å². The number of aliphatic hydroxyl groups excluding tert-OH is 1. The van der Waals surface area contributed by atoms with Gasteiger partial charge in [-0.25, -0.2) is 0 Å². The Morgan fingerprint density at radius 1 is 1.52 bits per heavy atom. The number of anilines is 1. The summed E-state index contributed by atoms with van der Waals surface area (Å²) < 4.78 is 0. The van der Waals surface area contributed by atoms with Crippen LogP contribution in [0, 0.1) is 18.8 Å². The maximum absolute atomic E-state index is 12.0. The highest BCUT2D eigenvalue weighted by atomic mass is 16.2. The zero-order valence-electron chi connectivity index (χ0n) is 11.9. The molecule has 0 spiro atoms. The van der Waals surface area contributed by atoms with Crippen LogP contribution < -0.4 is 10.6 Å². The van der Waals surface area contributed by atoms with E-state index < -0.39 is 6.04 Å². The van der Waals surface area contributed by atoms with Crippen LogP contribution in [-0.4, -0.2) is 29.6 Å². The largest absolute Gasteiger partial charge is 0.395 e. The van der Waals surface area contributed by atoms with E-state index in [2.05, 4.69) is 22.5 Å². The minimum Gasteiger partial charge on any atom is -0.395 e. The van der Waals surface area contributed by atoms with E-state index in [1.807, 2.05) is 19.1 Å². The Morgan fingerprint density at radius 3 is 2.95 bits per heavy atom. The zero-order chi connectivity index (χ0) is 15.2. The Kier molecular flexibility index (Phi) is 4.96. The highest BCUT2D eigenvalue weighted by Crippen LogP contribution is 2.17. The summed E-state index contributed by atoms with van der Waals surface area (Å²) in [6, 6.07) is 5.06.